The van der Waals surface area contributed by atoms with E-state index in [1.165, 1.54) is 17.3 Å². The van der Waals surface area contributed by atoms with Gasteiger partial charge in [-0.2, -0.15) is 0 Å². The normalized spacial score (nSPS) is 11.6. The highest BCUT2D eigenvalue weighted by Gasteiger charge is 2.19. The number of hydrogen-bond acceptors (Lipinski definition) is 7. The number of furan rings is 1. The van der Waals surface area contributed by atoms with Crippen molar-refractivity contribution in [3.05, 3.63) is 65.8 Å². The van der Waals surface area contributed by atoms with Crippen LogP contribution in [0.15, 0.2) is 62.8 Å². The molecular formula is C23H25N5O3S. The molecule has 166 valence electrons. The molecule has 1 N–H and O–H groups in total. The summed E-state index contributed by atoms with van der Waals surface area (Å²) in [6, 6.07) is 13.7. The van der Waals surface area contributed by atoms with E-state index in [0.717, 1.165) is 17.1 Å². The van der Waals surface area contributed by atoms with Crippen LogP contribution >= 0.6 is 11.8 Å². The molecule has 0 aliphatic carbocycles. The molecule has 0 saturated heterocycles. The SMILES string of the molecule is Cc1cc(NC(=O)CSc2nnc(-c3ccc(C(C)(C)C)cc3)n2Cc2ccco2)no1. The summed E-state index contributed by atoms with van der Waals surface area (Å²) in [6.07, 6.45) is 1.64. The summed E-state index contributed by atoms with van der Waals surface area (Å²) in [5, 5.41) is 15.9. The van der Waals surface area contributed by atoms with Crippen LogP contribution in [0.3, 0.4) is 0 Å². The zero-order valence-electron chi connectivity index (χ0n) is 18.5. The lowest BCUT2D eigenvalue weighted by Crippen LogP contribution is -2.15. The van der Waals surface area contributed by atoms with Gasteiger partial charge in [-0.1, -0.05) is 62.0 Å². The third kappa shape index (κ3) is 5.11. The molecule has 0 radical (unpaired) electrons. The lowest BCUT2D eigenvalue weighted by Gasteiger charge is -2.19. The Labute approximate surface area is 190 Å². The van der Waals surface area contributed by atoms with Gasteiger partial charge in [-0.05, 0) is 30.0 Å². The highest BCUT2D eigenvalue weighted by molar-refractivity contribution is 7.99. The zero-order chi connectivity index (χ0) is 22.7. The van der Waals surface area contributed by atoms with Gasteiger partial charge in [0.25, 0.3) is 0 Å². The van der Waals surface area contributed by atoms with Crippen LogP contribution in [0.5, 0.6) is 0 Å². The second kappa shape index (κ2) is 9.04. The van der Waals surface area contributed by atoms with E-state index in [1.54, 1.807) is 19.3 Å². The highest BCUT2D eigenvalue weighted by atomic mass is 32.2. The van der Waals surface area contributed by atoms with Crippen LogP contribution in [0.4, 0.5) is 5.82 Å². The third-order valence-electron chi connectivity index (χ3n) is 4.85. The number of hydrogen-bond donors (Lipinski definition) is 1. The molecule has 0 bridgehead atoms. The first kappa shape index (κ1) is 21.9. The van der Waals surface area contributed by atoms with Gasteiger partial charge in [0, 0.05) is 11.6 Å². The topological polar surface area (TPSA) is 99.0 Å². The Kier molecular flexibility index (Phi) is 6.18. The molecule has 0 spiro atoms. The fraction of sp³-hybridized carbons (Fsp3) is 0.304. The first-order valence-electron chi connectivity index (χ1n) is 10.2. The predicted octanol–water partition coefficient (Wildman–Crippen LogP) is 4.91. The number of thioether (sulfide) groups is 1. The summed E-state index contributed by atoms with van der Waals surface area (Å²) in [7, 11) is 0. The third-order valence-corrected chi connectivity index (χ3v) is 5.81. The average Bonchev–Trinajstić information content (AvgIpc) is 3.49. The van der Waals surface area contributed by atoms with Crippen LogP contribution in [-0.4, -0.2) is 31.6 Å². The van der Waals surface area contributed by atoms with Crippen LogP contribution in [-0.2, 0) is 16.8 Å². The van der Waals surface area contributed by atoms with Crippen LogP contribution in [0.25, 0.3) is 11.4 Å². The van der Waals surface area contributed by atoms with Gasteiger partial charge in [0.05, 0.1) is 18.6 Å². The number of benzene rings is 1. The maximum atomic E-state index is 12.3. The maximum Gasteiger partial charge on any atom is 0.236 e. The number of carbonyl (C=O) groups excluding carboxylic acids is 1. The number of carbonyl (C=O) groups is 1. The number of nitrogens with zero attached hydrogens (tertiary/aromatic N) is 4. The van der Waals surface area contributed by atoms with Crippen molar-refractivity contribution >= 4 is 23.5 Å². The Balaban J connectivity index is 1.55. The predicted molar refractivity (Wildman–Crippen MR) is 123 cm³/mol. The zero-order valence-corrected chi connectivity index (χ0v) is 19.3. The number of aryl methyl sites for hydroxylation is 1. The molecule has 1 amide bonds. The molecule has 0 aliphatic heterocycles. The Bertz CT molecular complexity index is 1190. The molecule has 0 aliphatic rings. The second-order valence-electron chi connectivity index (χ2n) is 8.46. The van der Waals surface area contributed by atoms with Gasteiger partial charge in [-0.25, -0.2) is 0 Å². The molecule has 0 saturated carbocycles. The quantitative estimate of drug-likeness (QED) is 0.399. The number of amides is 1. The molecule has 3 heterocycles. The Morgan fingerprint density at radius 3 is 2.56 bits per heavy atom. The maximum absolute atomic E-state index is 12.3. The Hall–Kier alpha value is -3.33. The minimum Gasteiger partial charge on any atom is -0.467 e. The molecule has 9 heteroatoms. The summed E-state index contributed by atoms with van der Waals surface area (Å²) in [5.74, 6) is 2.48. The van der Waals surface area contributed by atoms with E-state index in [-0.39, 0.29) is 17.1 Å². The smallest absolute Gasteiger partial charge is 0.236 e. The van der Waals surface area contributed by atoms with Crippen molar-refractivity contribution in [1.29, 1.82) is 0 Å². The van der Waals surface area contributed by atoms with Crippen molar-refractivity contribution in [2.45, 2.75) is 44.8 Å². The van der Waals surface area contributed by atoms with Gasteiger partial charge in [-0.15, -0.1) is 10.2 Å². The van der Waals surface area contributed by atoms with E-state index in [4.69, 9.17) is 8.94 Å². The molecule has 4 rings (SSSR count). The van der Waals surface area contributed by atoms with Crippen molar-refractivity contribution in [2.24, 2.45) is 0 Å². The molecule has 1 aromatic carbocycles. The fourth-order valence-corrected chi connectivity index (χ4v) is 3.90. The molecule has 0 atom stereocenters. The van der Waals surface area contributed by atoms with Crippen LogP contribution in [0.1, 0.15) is 37.9 Å². The van der Waals surface area contributed by atoms with Crippen LogP contribution in [0, 0.1) is 6.92 Å². The highest BCUT2D eigenvalue weighted by Crippen LogP contribution is 2.28. The van der Waals surface area contributed by atoms with E-state index in [1.807, 2.05) is 16.7 Å². The lowest BCUT2D eigenvalue weighted by molar-refractivity contribution is -0.113. The largest absolute Gasteiger partial charge is 0.467 e. The molecule has 3 aromatic heterocycles. The minimum absolute atomic E-state index is 0.0666. The van der Waals surface area contributed by atoms with Crippen LogP contribution < -0.4 is 5.32 Å². The van der Waals surface area contributed by atoms with Gasteiger partial charge < -0.3 is 14.3 Å². The fourth-order valence-electron chi connectivity index (χ4n) is 3.16. The summed E-state index contributed by atoms with van der Waals surface area (Å²) < 4.78 is 12.5. The number of aromatic nitrogens is 4. The van der Waals surface area contributed by atoms with Gasteiger partial charge in [0.15, 0.2) is 16.8 Å². The van der Waals surface area contributed by atoms with Crippen molar-refractivity contribution in [1.82, 2.24) is 19.9 Å². The van der Waals surface area contributed by atoms with Gasteiger partial charge in [0.2, 0.25) is 5.91 Å². The van der Waals surface area contributed by atoms with E-state index in [9.17, 15) is 4.79 Å². The first-order chi connectivity index (χ1) is 15.3. The molecule has 4 aromatic rings. The second-order valence-corrected chi connectivity index (χ2v) is 9.40. The Morgan fingerprint density at radius 2 is 1.94 bits per heavy atom. The molecule has 32 heavy (non-hydrogen) atoms. The molecular weight excluding hydrogens is 426 g/mol. The monoisotopic (exact) mass is 451 g/mol. The first-order valence-corrected chi connectivity index (χ1v) is 11.2. The Morgan fingerprint density at radius 1 is 1.16 bits per heavy atom. The number of rotatable bonds is 7. The van der Waals surface area contributed by atoms with Crippen molar-refractivity contribution in [2.75, 3.05) is 11.1 Å². The summed E-state index contributed by atoms with van der Waals surface area (Å²) in [5.41, 5.74) is 2.26. The average molecular weight is 452 g/mol. The standard InChI is InChI=1S/C23H25N5O3S/c1-15-12-19(27-31-15)24-20(29)14-32-22-26-25-21(28(22)13-18-6-5-11-30-18)16-7-9-17(10-8-16)23(2,3)4/h5-12H,13-14H2,1-4H3,(H,24,27,29). The molecule has 0 fully saturated rings. The van der Waals surface area contributed by atoms with Gasteiger partial charge in [0.1, 0.15) is 11.5 Å². The van der Waals surface area contributed by atoms with Crippen molar-refractivity contribution < 1.29 is 13.7 Å². The van der Waals surface area contributed by atoms with Gasteiger partial charge in [-0.3, -0.25) is 9.36 Å². The molecule has 8 nitrogen and oxygen atoms in total. The number of nitrogens with one attached hydrogen (secondary N) is 1. The summed E-state index contributed by atoms with van der Waals surface area (Å²) in [4.78, 5) is 12.3. The minimum atomic E-state index is -0.202. The van der Waals surface area contributed by atoms with E-state index >= 15 is 0 Å². The van der Waals surface area contributed by atoms with E-state index in [2.05, 4.69) is 65.7 Å². The van der Waals surface area contributed by atoms with E-state index in [0.29, 0.717) is 23.3 Å². The summed E-state index contributed by atoms with van der Waals surface area (Å²) in [6.45, 7) is 8.78. The van der Waals surface area contributed by atoms with Gasteiger partial charge >= 0.3 is 0 Å². The van der Waals surface area contributed by atoms with Crippen LogP contribution in [0.2, 0.25) is 0 Å². The number of anilines is 1. The van der Waals surface area contributed by atoms with Crippen molar-refractivity contribution in [3.63, 3.8) is 0 Å². The van der Waals surface area contributed by atoms with E-state index < -0.39 is 0 Å². The molecule has 0 unspecified atom stereocenters. The van der Waals surface area contributed by atoms with Crippen molar-refractivity contribution in [3.8, 4) is 11.4 Å². The summed E-state index contributed by atoms with van der Waals surface area (Å²) >= 11 is 1.30. The lowest BCUT2D eigenvalue weighted by atomic mass is 9.87.